The van der Waals surface area contributed by atoms with E-state index in [1.165, 1.54) is 12.1 Å². The lowest BCUT2D eigenvalue weighted by atomic mass is 10.2. The molecule has 0 aromatic heterocycles. The number of rotatable bonds is 3. The first-order chi connectivity index (χ1) is 10.1. The molecule has 0 heterocycles. The molecule has 0 aliphatic rings. The molecule has 0 saturated heterocycles. The Morgan fingerprint density at radius 2 is 1.59 bits per heavy atom. The van der Waals surface area contributed by atoms with Gasteiger partial charge >= 0.3 is 6.18 Å². The van der Waals surface area contributed by atoms with Crippen LogP contribution in [0.1, 0.15) is 11.1 Å². The Morgan fingerprint density at radius 3 is 2.14 bits per heavy atom. The molecule has 8 heteroatoms. The third kappa shape index (κ3) is 3.56. The number of hydrogen-bond acceptors (Lipinski definition) is 2. The summed E-state index contributed by atoms with van der Waals surface area (Å²) in [5.41, 5.74) is -0.598. The third-order valence-corrected chi connectivity index (χ3v) is 4.24. The van der Waals surface area contributed by atoms with Crippen LogP contribution in [0, 0.1) is 12.7 Å². The fourth-order valence-corrected chi connectivity index (χ4v) is 2.80. The molecule has 0 saturated carbocycles. The largest absolute Gasteiger partial charge is 0.416 e. The van der Waals surface area contributed by atoms with Crippen LogP contribution >= 0.6 is 0 Å². The van der Waals surface area contributed by atoms with Gasteiger partial charge in [-0.15, -0.1) is 0 Å². The summed E-state index contributed by atoms with van der Waals surface area (Å²) in [5, 5.41) is 0. The standard InChI is InChI=1S/C14H11F4NO2S/c1-9-2-7-12(15)13(8-9)19-22(20,21)11-5-3-10(4-6-11)14(16,17)18/h2-8,19H,1H3. The van der Waals surface area contributed by atoms with Gasteiger partial charge in [0.05, 0.1) is 16.1 Å². The Balaban J connectivity index is 2.33. The van der Waals surface area contributed by atoms with Crippen LogP contribution in [-0.4, -0.2) is 8.42 Å². The van der Waals surface area contributed by atoms with E-state index in [-0.39, 0.29) is 10.6 Å². The van der Waals surface area contributed by atoms with Crippen molar-refractivity contribution in [1.29, 1.82) is 0 Å². The van der Waals surface area contributed by atoms with Crippen molar-refractivity contribution in [2.75, 3.05) is 4.72 Å². The highest BCUT2D eigenvalue weighted by Gasteiger charge is 2.30. The Hall–Kier alpha value is -2.09. The second-order valence-corrected chi connectivity index (χ2v) is 6.29. The number of nitrogens with one attached hydrogen (secondary N) is 1. The predicted octanol–water partition coefficient (Wildman–Crippen LogP) is 3.95. The third-order valence-electron chi connectivity index (χ3n) is 2.86. The molecule has 0 fully saturated rings. The highest BCUT2D eigenvalue weighted by Crippen LogP contribution is 2.30. The molecule has 118 valence electrons. The number of anilines is 1. The monoisotopic (exact) mass is 333 g/mol. The van der Waals surface area contributed by atoms with Gasteiger partial charge in [-0.1, -0.05) is 6.07 Å². The molecule has 3 nitrogen and oxygen atoms in total. The maximum Gasteiger partial charge on any atom is 0.416 e. The first kappa shape index (κ1) is 16.3. The van der Waals surface area contributed by atoms with E-state index in [2.05, 4.69) is 0 Å². The van der Waals surface area contributed by atoms with Crippen molar-refractivity contribution < 1.29 is 26.0 Å². The molecule has 0 spiro atoms. The summed E-state index contributed by atoms with van der Waals surface area (Å²) in [4.78, 5) is -0.388. The van der Waals surface area contributed by atoms with Crippen LogP contribution in [-0.2, 0) is 16.2 Å². The van der Waals surface area contributed by atoms with E-state index < -0.39 is 27.6 Å². The van der Waals surface area contributed by atoms with E-state index in [0.29, 0.717) is 17.7 Å². The minimum absolute atomic E-state index is 0.264. The van der Waals surface area contributed by atoms with Crippen LogP contribution in [0.15, 0.2) is 47.4 Å². The van der Waals surface area contributed by atoms with Gasteiger partial charge in [-0.05, 0) is 48.9 Å². The van der Waals surface area contributed by atoms with Crippen molar-refractivity contribution >= 4 is 15.7 Å². The fourth-order valence-electron chi connectivity index (χ4n) is 1.74. The van der Waals surface area contributed by atoms with Gasteiger partial charge < -0.3 is 0 Å². The molecule has 0 atom stereocenters. The van der Waals surface area contributed by atoms with Gasteiger partial charge in [0.1, 0.15) is 5.82 Å². The van der Waals surface area contributed by atoms with Crippen LogP contribution in [0.3, 0.4) is 0 Å². The molecule has 0 aliphatic carbocycles. The van der Waals surface area contributed by atoms with E-state index in [1.54, 1.807) is 6.92 Å². The van der Waals surface area contributed by atoms with Crippen LogP contribution in [0.25, 0.3) is 0 Å². The predicted molar refractivity (Wildman–Crippen MR) is 73.4 cm³/mol. The lowest BCUT2D eigenvalue weighted by molar-refractivity contribution is -0.137. The summed E-state index contributed by atoms with van der Waals surface area (Å²) in [5.74, 6) is -0.777. The minimum atomic E-state index is -4.56. The second-order valence-electron chi connectivity index (χ2n) is 4.61. The number of sulfonamides is 1. The molecule has 1 N–H and O–H groups in total. The molecule has 2 rings (SSSR count). The van der Waals surface area contributed by atoms with E-state index in [4.69, 9.17) is 0 Å². The van der Waals surface area contributed by atoms with Crippen molar-refractivity contribution in [3.05, 3.63) is 59.4 Å². The Labute approximate surface area is 124 Å². The number of halogens is 4. The Morgan fingerprint density at radius 1 is 1.00 bits per heavy atom. The smallest absolute Gasteiger partial charge is 0.277 e. The molecule has 0 unspecified atom stereocenters. The molecule has 0 radical (unpaired) electrons. The number of aryl methyl sites for hydroxylation is 1. The Kier molecular flexibility index (Phi) is 4.15. The van der Waals surface area contributed by atoms with Crippen molar-refractivity contribution in [2.45, 2.75) is 18.0 Å². The maximum atomic E-state index is 13.6. The average molecular weight is 333 g/mol. The summed E-state index contributed by atoms with van der Waals surface area (Å²) in [7, 11) is -4.17. The first-order valence-corrected chi connectivity index (χ1v) is 7.54. The second kappa shape index (κ2) is 5.60. The van der Waals surface area contributed by atoms with Gasteiger partial charge in [-0.2, -0.15) is 13.2 Å². The molecule has 2 aromatic rings. The van der Waals surface area contributed by atoms with E-state index in [1.807, 2.05) is 4.72 Å². The quantitative estimate of drug-likeness (QED) is 0.865. The average Bonchev–Trinajstić information content (AvgIpc) is 2.42. The maximum absolute atomic E-state index is 13.6. The highest BCUT2D eigenvalue weighted by atomic mass is 32.2. The van der Waals surface area contributed by atoms with Crippen LogP contribution < -0.4 is 4.72 Å². The zero-order chi connectivity index (χ0) is 16.5. The van der Waals surface area contributed by atoms with Crippen LogP contribution in [0.4, 0.5) is 23.2 Å². The lowest BCUT2D eigenvalue weighted by Gasteiger charge is -2.11. The van der Waals surface area contributed by atoms with Crippen molar-refractivity contribution in [3.63, 3.8) is 0 Å². The van der Waals surface area contributed by atoms with E-state index >= 15 is 0 Å². The SMILES string of the molecule is Cc1ccc(F)c(NS(=O)(=O)c2ccc(C(F)(F)F)cc2)c1. The summed E-state index contributed by atoms with van der Waals surface area (Å²) in [6.45, 7) is 1.65. The van der Waals surface area contributed by atoms with Gasteiger partial charge in [0.25, 0.3) is 10.0 Å². The van der Waals surface area contributed by atoms with E-state index in [9.17, 15) is 26.0 Å². The minimum Gasteiger partial charge on any atom is -0.277 e. The van der Waals surface area contributed by atoms with Gasteiger partial charge in [0.15, 0.2) is 0 Å². The zero-order valence-electron chi connectivity index (χ0n) is 11.3. The summed E-state index contributed by atoms with van der Waals surface area (Å²) >= 11 is 0. The number of alkyl halides is 3. The molecule has 2 aromatic carbocycles. The van der Waals surface area contributed by atoms with Crippen molar-refractivity contribution in [1.82, 2.24) is 0 Å². The molecule has 0 amide bonds. The van der Waals surface area contributed by atoms with Crippen LogP contribution in [0.2, 0.25) is 0 Å². The molecule has 0 aliphatic heterocycles. The highest BCUT2D eigenvalue weighted by molar-refractivity contribution is 7.92. The molecular weight excluding hydrogens is 322 g/mol. The number of benzene rings is 2. The zero-order valence-corrected chi connectivity index (χ0v) is 12.1. The summed E-state index contributed by atoms with van der Waals surface area (Å²) in [6, 6.07) is 6.79. The molecular formula is C14H11F4NO2S. The lowest BCUT2D eigenvalue weighted by Crippen LogP contribution is -2.14. The van der Waals surface area contributed by atoms with Gasteiger partial charge in [-0.3, -0.25) is 4.72 Å². The topological polar surface area (TPSA) is 46.2 Å². The van der Waals surface area contributed by atoms with Gasteiger partial charge in [0, 0.05) is 0 Å². The normalized spacial score (nSPS) is 12.2. The molecule has 22 heavy (non-hydrogen) atoms. The van der Waals surface area contributed by atoms with E-state index in [0.717, 1.165) is 18.2 Å². The fraction of sp³-hybridized carbons (Fsp3) is 0.143. The van der Waals surface area contributed by atoms with Gasteiger partial charge in [0.2, 0.25) is 0 Å². The summed E-state index contributed by atoms with van der Waals surface area (Å²) < 4.78 is 77.0. The summed E-state index contributed by atoms with van der Waals surface area (Å²) in [6.07, 6.45) is -4.56. The first-order valence-electron chi connectivity index (χ1n) is 6.06. The van der Waals surface area contributed by atoms with Crippen molar-refractivity contribution in [2.24, 2.45) is 0 Å². The van der Waals surface area contributed by atoms with Crippen LogP contribution in [0.5, 0.6) is 0 Å². The van der Waals surface area contributed by atoms with Crippen molar-refractivity contribution in [3.8, 4) is 0 Å². The number of hydrogen-bond donors (Lipinski definition) is 1. The molecule has 0 bridgehead atoms. The Bertz CT molecular complexity index is 783. The van der Waals surface area contributed by atoms with Gasteiger partial charge in [-0.25, -0.2) is 12.8 Å².